The number of allylic oxidation sites excluding steroid dienone is 3. The molecule has 28 heavy (non-hydrogen) atoms. The number of hydrogen-bond acceptors (Lipinski definition) is 6. The van der Waals surface area contributed by atoms with Crippen molar-refractivity contribution in [1.29, 1.82) is 0 Å². The number of Topliss-reactive ketones (excluding diaryl/α,β-unsaturated/α-hetero) is 1. The summed E-state index contributed by atoms with van der Waals surface area (Å²) in [5.41, 5.74) is 3.10. The molecular weight excluding hydrogens is 358 g/mol. The SMILES string of the molecule is CCOC(=O)C1=C(C)NC2=C(C(=O)CC(C)(C)C2)C1c1ccc(O)c(OC)c1. The fraction of sp³-hybridized carbons (Fsp3) is 0.455. The molecule has 1 atom stereocenters. The number of nitrogens with one attached hydrogen (secondary N) is 1. The lowest BCUT2D eigenvalue weighted by atomic mass is 9.68. The summed E-state index contributed by atoms with van der Waals surface area (Å²) in [6, 6.07) is 4.92. The quantitative estimate of drug-likeness (QED) is 0.771. The van der Waals surface area contributed by atoms with Gasteiger partial charge in [-0.25, -0.2) is 4.79 Å². The number of benzene rings is 1. The van der Waals surface area contributed by atoms with Crippen molar-refractivity contribution in [2.24, 2.45) is 5.41 Å². The van der Waals surface area contributed by atoms with Gasteiger partial charge in [0.05, 0.1) is 19.3 Å². The molecule has 1 aliphatic heterocycles. The van der Waals surface area contributed by atoms with Gasteiger partial charge in [0, 0.05) is 29.3 Å². The molecule has 150 valence electrons. The summed E-state index contributed by atoms with van der Waals surface area (Å²) in [5.74, 6) is -0.696. The van der Waals surface area contributed by atoms with E-state index in [4.69, 9.17) is 9.47 Å². The molecule has 2 aliphatic rings. The van der Waals surface area contributed by atoms with Crippen molar-refractivity contribution in [3.63, 3.8) is 0 Å². The van der Waals surface area contributed by atoms with Gasteiger partial charge in [-0.2, -0.15) is 0 Å². The second-order valence-corrected chi connectivity index (χ2v) is 8.08. The van der Waals surface area contributed by atoms with Gasteiger partial charge in [0.25, 0.3) is 0 Å². The topological polar surface area (TPSA) is 84.9 Å². The van der Waals surface area contributed by atoms with E-state index in [9.17, 15) is 14.7 Å². The molecular formula is C22H27NO5. The number of aromatic hydroxyl groups is 1. The van der Waals surface area contributed by atoms with Crippen LogP contribution < -0.4 is 10.1 Å². The summed E-state index contributed by atoms with van der Waals surface area (Å²) in [6.45, 7) is 7.95. The summed E-state index contributed by atoms with van der Waals surface area (Å²) in [4.78, 5) is 25.9. The highest BCUT2D eigenvalue weighted by Gasteiger charge is 2.43. The number of esters is 1. The van der Waals surface area contributed by atoms with Crippen LogP contribution in [0.25, 0.3) is 0 Å². The Morgan fingerprint density at radius 2 is 2.04 bits per heavy atom. The summed E-state index contributed by atoms with van der Waals surface area (Å²) in [6.07, 6.45) is 1.13. The Labute approximate surface area is 165 Å². The Morgan fingerprint density at radius 3 is 2.68 bits per heavy atom. The first kappa shape index (κ1) is 20.0. The third-order valence-electron chi connectivity index (χ3n) is 5.27. The molecule has 3 rings (SSSR count). The van der Waals surface area contributed by atoms with Gasteiger partial charge in [-0.3, -0.25) is 4.79 Å². The third kappa shape index (κ3) is 3.51. The van der Waals surface area contributed by atoms with E-state index in [1.54, 1.807) is 19.1 Å². The normalized spacial score (nSPS) is 21.2. The monoisotopic (exact) mass is 385 g/mol. The number of carbonyl (C=O) groups is 2. The highest BCUT2D eigenvalue weighted by molar-refractivity contribution is 6.04. The first-order valence-electron chi connectivity index (χ1n) is 9.46. The average Bonchev–Trinajstić information content (AvgIpc) is 2.60. The van der Waals surface area contributed by atoms with Crippen molar-refractivity contribution in [1.82, 2.24) is 5.32 Å². The van der Waals surface area contributed by atoms with Gasteiger partial charge in [-0.05, 0) is 43.4 Å². The highest BCUT2D eigenvalue weighted by atomic mass is 16.5. The number of carbonyl (C=O) groups excluding carboxylic acids is 2. The zero-order chi connectivity index (χ0) is 20.6. The molecule has 0 spiro atoms. The second-order valence-electron chi connectivity index (χ2n) is 8.08. The van der Waals surface area contributed by atoms with Gasteiger partial charge >= 0.3 is 5.97 Å². The van der Waals surface area contributed by atoms with Gasteiger partial charge in [-0.15, -0.1) is 0 Å². The maximum absolute atomic E-state index is 13.1. The van der Waals surface area contributed by atoms with Gasteiger partial charge < -0.3 is 19.9 Å². The Hall–Kier alpha value is -2.76. The van der Waals surface area contributed by atoms with Gasteiger partial charge in [0.2, 0.25) is 0 Å². The number of phenols is 1. The van der Waals surface area contributed by atoms with E-state index in [0.717, 1.165) is 5.70 Å². The molecule has 1 aromatic carbocycles. The number of phenolic OH excluding ortho intramolecular Hbond substituents is 1. The van der Waals surface area contributed by atoms with Crippen molar-refractivity contribution in [2.45, 2.75) is 46.5 Å². The highest BCUT2D eigenvalue weighted by Crippen LogP contribution is 2.47. The zero-order valence-electron chi connectivity index (χ0n) is 17.0. The summed E-state index contributed by atoms with van der Waals surface area (Å²) < 4.78 is 10.5. The minimum absolute atomic E-state index is 0.00359. The largest absolute Gasteiger partial charge is 0.504 e. The van der Waals surface area contributed by atoms with Gasteiger partial charge in [0.1, 0.15) is 0 Å². The minimum atomic E-state index is -0.562. The third-order valence-corrected chi connectivity index (χ3v) is 5.27. The number of ether oxygens (including phenoxy) is 2. The van der Waals surface area contributed by atoms with E-state index in [0.29, 0.717) is 41.0 Å². The van der Waals surface area contributed by atoms with Crippen molar-refractivity contribution in [3.05, 3.63) is 46.3 Å². The lowest BCUT2D eigenvalue weighted by Gasteiger charge is -2.39. The van der Waals surface area contributed by atoms with Crippen LogP contribution in [-0.4, -0.2) is 30.6 Å². The molecule has 0 saturated carbocycles. The van der Waals surface area contributed by atoms with Crippen LogP contribution in [-0.2, 0) is 14.3 Å². The number of methoxy groups -OCH3 is 1. The molecule has 0 radical (unpaired) electrons. The van der Waals surface area contributed by atoms with E-state index in [2.05, 4.69) is 19.2 Å². The van der Waals surface area contributed by atoms with E-state index >= 15 is 0 Å². The molecule has 6 heteroatoms. The van der Waals surface area contributed by atoms with Crippen molar-refractivity contribution in [3.8, 4) is 11.5 Å². The van der Waals surface area contributed by atoms with E-state index < -0.39 is 11.9 Å². The summed E-state index contributed by atoms with van der Waals surface area (Å²) in [5, 5.41) is 13.3. The predicted octanol–water partition coefficient (Wildman–Crippen LogP) is 3.57. The first-order valence-corrected chi connectivity index (χ1v) is 9.46. The molecule has 0 amide bonds. The van der Waals surface area contributed by atoms with E-state index in [-0.39, 0.29) is 23.6 Å². The molecule has 0 fully saturated rings. The number of dihydropyridines is 1. The van der Waals surface area contributed by atoms with Gasteiger partial charge in [-0.1, -0.05) is 19.9 Å². The number of rotatable bonds is 4. The van der Waals surface area contributed by atoms with Crippen LogP contribution in [0.2, 0.25) is 0 Å². The molecule has 6 nitrogen and oxygen atoms in total. The smallest absolute Gasteiger partial charge is 0.336 e. The van der Waals surface area contributed by atoms with E-state index in [1.807, 2.05) is 6.92 Å². The maximum Gasteiger partial charge on any atom is 0.336 e. The van der Waals surface area contributed by atoms with Crippen LogP contribution in [0, 0.1) is 5.41 Å². The average molecular weight is 385 g/mol. The fourth-order valence-corrected chi connectivity index (χ4v) is 4.12. The van der Waals surface area contributed by atoms with Crippen LogP contribution in [0.15, 0.2) is 40.7 Å². The van der Waals surface area contributed by atoms with Crippen LogP contribution >= 0.6 is 0 Å². The Bertz CT molecular complexity index is 894. The Morgan fingerprint density at radius 1 is 1.32 bits per heavy atom. The standard InChI is InChI=1S/C22H27NO5/c1-6-28-21(26)18-12(2)23-14-10-22(3,4)11-16(25)20(14)19(18)13-7-8-15(24)17(9-13)27-5/h7-9,19,23-24H,6,10-11H2,1-5H3. The molecule has 1 unspecified atom stereocenters. The Kier molecular flexibility index (Phi) is 5.24. The van der Waals surface area contributed by atoms with Crippen LogP contribution in [0.3, 0.4) is 0 Å². The second kappa shape index (κ2) is 7.34. The Balaban J connectivity index is 2.21. The molecule has 0 saturated heterocycles. The first-order chi connectivity index (χ1) is 13.2. The fourth-order valence-electron chi connectivity index (χ4n) is 4.12. The van der Waals surface area contributed by atoms with Crippen molar-refractivity contribution >= 4 is 11.8 Å². The van der Waals surface area contributed by atoms with Crippen LogP contribution in [0.4, 0.5) is 0 Å². The molecule has 0 aromatic heterocycles. The lowest BCUT2D eigenvalue weighted by Crippen LogP contribution is -2.38. The van der Waals surface area contributed by atoms with Crippen molar-refractivity contribution < 1.29 is 24.2 Å². The van der Waals surface area contributed by atoms with Crippen LogP contribution in [0.5, 0.6) is 11.5 Å². The number of hydrogen-bond donors (Lipinski definition) is 2. The molecule has 1 heterocycles. The molecule has 2 N–H and O–H groups in total. The summed E-state index contributed by atoms with van der Waals surface area (Å²) in [7, 11) is 1.47. The minimum Gasteiger partial charge on any atom is -0.504 e. The maximum atomic E-state index is 13.1. The zero-order valence-corrected chi connectivity index (χ0v) is 17.0. The van der Waals surface area contributed by atoms with E-state index in [1.165, 1.54) is 13.2 Å². The summed E-state index contributed by atoms with van der Waals surface area (Å²) >= 11 is 0. The molecule has 1 aromatic rings. The molecule has 1 aliphatic carbocycles. The van der Waals surface area contributed by atoms with Crippen molar-refractivity contribution in [2.75, 3.05) is 13.7 Å². The van der Waals surface area contributed by atoms with Gasteiger partial charge in [0.15, 0.2) is 17.3 Å². The molecule has 0 bridgehead atoms. The predicted molar refractivity (Wildman–Crippen MR) is 105 cm³/mol. The lowest BCUT2D eigenvalue weighted by molar-refractivity contribution is -0.138. The van der Waals surface area contributed by atoms with Crippen LogP contribution in [0.1, 0.15) is 52.0 Å². The number of ketones is 1.